The highest BCUT2D eigenvalue weighted by atomic mass is 16.4. The van der Waals surface area contributed by atoms with Gasteiger partial charge >= 0.3 is 6.09 Å². The van der Waals surface area contributed by atoms with Crippen LogP contribution in [0, 0.1) is 18.8 Å². The van der Waals surface area contributed by atoms with Crippen molar-refractivity contribution < 1.29 is 9.90 Å². The van der Waals surface area contributed by atoms with Gasteiger partial charge in [0, 0.05) is 24.9 Å². The molecule has 0 bridgehead atoms. The molecule has 1 amide bonds. The van der Waals surface area contributed by atoms with Gasteiger partial charge < -0.3 is 15.0 Å². The molecule has 0 saturated heterocycles. The van der Waals surface area contributed by atoms with E-state index >= 15 is 0 Å². The van der Waals surface area contributed by atoms with Crippen molar-refractivity contribution in [3.8, 4) is 11.8 Å². The van der Waals surface area contributed by atoms with Gasteiger partial charge in [0.25, 0.3) is 0 Å². The van der Waals surface area contributed by atoms with Gasteiger partial charge in [0.2, 0.25) is 0 Å². The lowest BCUT2D eigenvalue weighted by Gasteiger charge is -1.96. The molecule has 0 fully saturated rings. The molecule has 80 valence electrons. The molecule has 5 nitrogen and oxygen atoms in total. The predicted molar refractivity (Wildman–Crippen MR) is 55.4 cm³/mol. The van der Waals surface area contributed by atoms with E-state index in [2.05, 4.69) is 22.1 Å². The summed E-state index contributed by atoms with van der Waals surface area (Å²) in [5, 5.41) is 10.5. The number of imidazole rings is 1. The third-order valence-electron chi connectivity index (χ3n) is 1.82. The molecule has 0 unspecified atom stereocenters. The number of rotatable bonds is 3. The smallest absolute Gasteiger partial charge is 0.404 e. The first-order valence-corrected chi connectivity index (χ1v) is 4.59. The van der Waals surface area contributed by atoms with Crippen LogP contribution in [0.4, 0.5) is 4.79 Å². The Hall–Kier alpha value is -1.96. The third-order valence-corrected chi connectivity index (χ3v) is 1.82. The van der Waals surface area contributed by atoms with E-state index in [0.717, 1.165) is 5.69 Å². The van der Waals surface area contributed by atoms with Gasteiger partial charge in [-0.2, -0.15) is 0 Å². The standard InChI is InChI=1S/C10H13N3O2/c1-9-7-11-8-13(9)6-4-2-3-5-12-10(14)15/h7-8,12H,3,5-6H2,1H3,(H,14,15). The molecule has 0 aliphatic rings. The van der Waals surface area contributed by atoms with E-state index in [0.29, 0.717) is 19.5 Å². The largest absolute Gasteiger partial charge is 0.465 e. The van der Waals surface area contributed by atoms with Crippen LogP contribution in [-0.4, -0.2) is 27.3 Å². The molecule has 1 aromatic rings. The monoisotopic (exact) mass is 207 g/mol. The number of hydrogen-bond acceptors (Lipinski definition) is 2. The number of carbonyl (C=O) groups is 1. The molecule has 0 spiro atoms. The SMILES string of the molecule is Cc1cncn1CC#CCCNC(=O)O. The summed E-state index contributed by atoms with van der Waals surface area (Å²) >= 11 is 0. The average molecular weight is 207 g/mol. The first-order valence-electron chi connectivity index (χ1n) is 4.59. The molecule has 2 N–H and O–H groups in total. The van der Waals surface area contributed by atoms with E-state index in [-0.39, 0.29) is 0 Å². The number of nitrogens with zero attached hydrogens (tertiary/aromatic N) is 2. The van der Waals surface area contributed by atoms with Crippen molar-refractivity contribution in [3.05, 3.63) is 18.2 Å². The maximum atomic E-state index is 10.1. The summed E-state index contributed by atoms with van der Waals surface area (Å²) in [5.41, 5.74) is 1.06. The number of aryl methyl sites for hydroxylation is 1. The van der Waals surface area contributed by atoms with Crippen LogP contribution < -0.4 is 5.32 Å². The van der Waals surface area contributed by atoms with Crippen molar-refractivity contribution in [3.63, 3.8) is 0 Å². The summed E-state index contributed by atoms with van der Waals surface area (Å²) in [7, 11) is 0. The average Bonchev–Trinajstić information content (AvgIpc) is 2.57. The fraction of sp³-hybridized carbons (Fsp3) is 0.400. The van der Waals surface area contributed by atoms with Crippen LogP contribution >= 0.6 is 0 Å². The Morgan fingerprint density at radius 3 is 3.07 bits per heavy atom. The van der Waals surface area contributed by atoms with E-state index in [1.165, 1.54) is 0 Å². The zero-order valence-corrected chi connectivity index (χ0v) is 8.53. The lowest BCUT2D eigenvalue weighted by Crippen LogP contribution is -2.21. The Morgan fingerprint density at radius 1 is 1.67 bits per heavy atom. The van der Waals surface area contributed by atoms with Crippen LogP contribution in [0.2, 0.25) is 0 Å². The minimum Gasteiger partial charge on any atom is -0.465 e. The highest BCUT2D eigenvalue weighted by Gasteiger charge is 1.92. The van der Waals surface area contributed by atoms with Crippen LogP contribution in [-0.2, 0) is 6.54 Å². The van der Waals surface area contributed by atoms with Gasteiger partial charge in [0.05, 0.1) is 12.9 Å². The molecule has 0 atom stereocenters. The van der Waals surface area contributed by atoms with E-state index in [9.17, 15) is 4.79 Å². The van der Waals surface area contributed by atoms with Crippen molar-refractivity contribution >= 4 is 6.09 Å². The van der Waals surface area contributed by atoms with Gasteiger partial charge in [0.1, 0.15) is 0 Å². The fourth-order valence-corrected chi connectivity index (χ4v) is 1.01. The minimum absolute atomic E-state index is 0.366. The number of aromatic nitrogens is 2. The van der Waals surface area contributed by atoms with E-state index in [1.807, 2.05) is 11.5 Å². The molecule has 15 heavy (non-hydrogen) atoms. The molecular formula is C10H13N3O2. The summed E-state index contributed by atoms with van der Waals surface area (Å²) in [6, 6.07) is 0. The van der Waals surface area contributed by atoms with Crippen molar-refractivity contribution in [1.29, 1.82) is 0 Å². The lowest BCUT2D eigenvalue weighted by atomic mass is 10.4. The molecule has 0 aliphatic heterocycles. The van der Waals surface area contributed by atoms with Gasteiger partial charge in [-0.1, -0.05) is 11.8 Å². The highest BCUT2D eigenvalue weighted by molar-refractivity contribution is 5.64. The van der Waals surface area contributed by atoms with E-state index in [4.69, 9.17) is 5.11 Å². The topological polar surface area (TPSA) is 67.2 Å². The van der Waals surface area contributed by atoms with Crippen LogP contribution in [0.15, 0.2) is 12.5 Å². The van der Waals surface area contributed by atoms with E-state index in [1.54, 1.807) is 12.5 Å². The number of carboxylic acid groups (broad SMARTS) is 1. The Balaban J connectivity index is 2.23. The summed E-state index contributed by atoms with van der Waals surface area (Å²) in [5.74, 6) is 5.82. The summed E-state index contributed by atoms with van der Waals surface area (Å²) in [6.45, 7) is 2.92. The molecule has 5 heteroatoms. The van der Waals surface area contributed by atoms with Crippen LogP contribution in [0.25, 0.3) is 0 Å². The third kappa shape index (κ3) is 4.18. The van der Waals surface area contributed by atoms with Gasteiger partial charge in [-0.15, -0.1) is 0 Å². The molecule has 1 rings (SSSR count). The minimum atomic E-state index is -1.01. The van der Waals surface area contributed by atoms with Crippen LogP contribution in [0.1, 0.15) is 12.1 Å². The Morgan fingerprint density at radius 2 is 2.47 bits per heavy atom. The van der Waals surface area contributed by atoms with Crippen LogP contribution in [0.5, 0.6) is 0 Å². The first kappa shape index (κ1) is 11.1. The van der Waals surface area contributed by atoms with Crippen molar-refractivity contribution in [2.24, 2.45) is 0 Å². The van der Waals surface area contributed by atoms with Crippen LogP contribution in [0.3, 0.4) is 0 Å². The van der Waals surface area contributed by atoms with Crippen molar-refractivity contribution in [2.75, 3.05) is 6.54 Å². The normalized spacial score (nSPS) is 9.13. The molecule has 1 heterocycles. The molecule has 1 aromatic heterocycles. The Labute approximate surface area is 88.1 Å². The number of nitrogens with one attached hydrogen (secondary N) is 1. The molecule has 0 aliphatic carbocycles. The second kappa shape index (κ2) is 5.70. The maximum absolute atomic E-state index is 10.1. The zero-order valence-electron chi connectivity index (χ0n) is 8.53. The highest BCUT2D eigenvalue weighted by Crippen LogP contribution is 1.94. The second-order valence-corrected chi connectivity index (χ2v) is 3.00. The number of hydrogen-bond donors (Lipinski definition) is 2. The molecule has 0 aromatic carbocycles. The van der Waals surface area contributed by atoms with Crippen molar-refractivity contribution in [1.82, 2.24) is 14.9 Å². The summed E-state index contributed by atoms with van der Waals surface area (Å²) < 4.78 is 1.93. The molecule has 0 saturated carbocycles. The van der Waals surface area contributed by atoms with Gasteiger partial charge in [-0.3, -0.25) is 0 Å². The van der Waals surface area contributed by atoms with Gasteiger partial charge in [-0.25, -0.2) is 9.78 Å². The summed E-state index contributed by atoms with van der Waals surface area (Å²) in [4.78, 5) is 14.1. The first-order chi connectivity index (χ1) is 7.20. The quantitative estimate of drug-likeness (QED) is 0.570. The maximum Gasteiger partial charge on any atom is 0.404 e. The number of amides is 1. The molecule has 0 radical (unpaired) electrons. The Bertz CT molecular complexity index is 387. The summed E-state index contributed by atoms with van der Waals surface area (Å²) in [6.07, 6.45) is 3.01. The second-order valence-electron chi connectivity index (χ2n) is 3.00. The molecular weight excluding hydrogens is 194 g/mol. The Kier molecular flexibility index (Phi) is 4.23. The van der Waals surface area contributed by atoms with Crippen molar-refractivity contribution in [2.45, 2.75) is 19.9 Å². The van der Waals surface area contributed by atoms with E-state index < -0.39 is 6.09 Å². The fourth-order valence-electron chi connectivity index (χ4n) is 1.01. The van der Waals surface area contributed by atoms with Gasteiger partial charge in [0.15, 0.2) is 0 Å². The zero-order chi connectivity index (χ0) is 11.1. The lowest BCUT2D eigenvalue weighted by molar-refractivity contribution is 0.195. The van der Waals surface area contributed by atoms with Gasteiger partial charge in [-0.05, 0) is 6.92 Å². The predicted octanol–water partition coefficient (Wildman–Crippen LogP) is 0.853.